The van der Waals surface area contributed by atoms with Crippen LogP contribution in [0.1, 0.15) is 42.1 Å². The molecule has 11 heteroatoms. The van der Waals surface area contributed by atoms with Crippen LogP contribution in [0.2, 0.25) is 0 Å². The van der Waals surface area contributed by atoms with Crippen LogP contribution in [-0.4, -0.2) is 72.2 Å². The van der Waals surface area contributed by atoms with Gasteiger partial charge in [0.15, 0.2) is 5.65 Å². The average Bonchev–Trinajstić information content (AvgIpc) is 3.64. The highest BCUT2D eigenvalue weighted by atomic mass is 19.1. The Hall–Kier alpha value is -4.35. The maximum atomic E-state index is 14.2. The van der Waals surface area contributed by atoms with Gasteiger partial charge in [-0.1, -0.05) is 23.4 Å². The Balaban J connectivity index is 1.32. The molecule has 4 aromatic heterocycles. The molecule has 3 atom stereocenters. The fourth-order valence-electron chi connectivity index (χ4n) is 6.49. The van der Waals surface area contributed by atoms with Crippen LogP contribution in [0, 0.1) is 18.8 Å². The molecule has 1 aliphatic rings. The number of benzene rings is 1. The monoisotopic (exact) mass is 582 g/mol. The molecule has 0 spiro atoms. The van der Waals surface area contributed by atoms with Crippen LogP contribution in [-0.2, 0) is 23.0 Å². The summed E-state index contributed by atoms with van der Waals surface area (Å²) in [4.78, 5) is 24.5. The predicted molar refractivity (Wildman–Crippen MR) is 160 cm³/mol. The molecule has 0 amide bonds. The number of likely N-dealkylation sites (tertiary alicyclic amines) is 1. The Morgan fingerprint density at radius 3 is 2.70 bits per heavy atom. The zero-order valence-electron chi connectivity index (χ0n) is 24.8. The number of halogens is 1. The van der Waals surface area contributed by atoms with E-state index in [4.69, 9.17) is 9.84 Å². The molecular formula is C32H35FN8O2. The molecule has 0 unspecified atom stereocenters. The Labute approximate surface area is 249 Å². The van der Waals surface area contributed by atoms with E-state index in [0.717, 1.165) is 46.6 Å². The molecular weight excluding hydrogens is 547 g/mol. The number of ether oxygens (including phenoxy) is 1. The predicted octanol–water partition coefficient (Wildman–Crippen LogP) is 4.66. The van der Waals surface area contributed by atoms with E-state index in [1.54, 1.807) is 25.0 Å². The smallest absolute Gasteiger partial charge is 0.213 e. The normalized spacial score (nSPS) is 19.0. The van der Waals surface area contributed by atoms with E-state index in [1.807, 2.05) is 54.1 Å². The van der Waals surface area contributed by atoms with Gasteiger partial charge in [0.1, 0.15) is 11.3 Å². The molecule has 43 heavy (non-hydrogen) atoms. The lowest BCUT2D eigenvalue weighted by Gasteiger charge is -2.28. The Kier molecular flexibility index (Phi) is 8.09. The molecule has 6 rings (SSSR count). The van der Waals surface area contributed by atoms with Crippen LogP contribution in [0.4, 0.5) is 4.39 Å². The molecule has 0 saturated carbocycles. The molecule has 0 radical (unpaired) electrons. The van der Waals surface area contributed by atoms with Crippen LogP contribution in [0.15, 0.2) is 60.9 Å². The van der Waals surface area contributed by atoms with Gasteiger partial charge in [0, 0.05) is 63.6 Å². The number of pyridine rings is 2. The minimum absolute atomic E-state index is 0.0253. The second-order valence-electron chi connectivity index (χ2n) is 11.3. The zero-order chi connectivity index (χ0) is 30.1. The van der Waals surface area contributed by atoms with Crippen molar-refractivity contribution in [1.82, 2.24) is 39.6 Å². The summed E-state index contributed by atoms with van der Waals surface area (Å²) in [7, 11) is 5.55. The average molecular weight is 583 g/mol. The summed E-state index contributed by atoms with van der Waals surface area (Å²) < 4.78 is 23.0. The van der Waals surface area contributed by atoms with Gasteiger partial charge in [0.2, 0.25) is 5.95 Å². The van der Waals surface area contributed by atoms with Gasteiger partial charge >= 0.3 is 0 Å². The third kappa shape index (κ3) is 5.70. The highest BCUT2D eigenvalue weighted by Gasteiger charge is 2.40. The van der Waals surface area contributed by atoms with Crippen LogP contribution >= 0.6 is 0 Å². The van der Waals surface area contributed by atoms with E-state index < -0.39 is 5.95 Å². The van der Waals surface area contributed by atoms with E-state index in [2.05, 4.69) is 32.2 Å². The van der Waals surface area contributed by atoms with E-state index >= 15 is 0 Å². The van der Waals surface area contributed by atoms with E-state index in [1.165, 1.54) is 12.3 Å². The molecule has 5 heterocycles. The number of fused-ring (bicyclic) bond motifs is 1. The summed E-state index contributed by atoms with van der Waals surface area (Å²) in [6.07, 6.45) is 5.52. The number of Topliss-reactive ketones (excluding diaryl/α,β-unsaturated/α-hetero) is 1. The van der Waals surface area contributed by atoms with Gasteiger partial charge in [-0.15, -0.1) is 5.10 Å². The molecule has 1 aliphatic heterocycles. The van der Waals surface area contributed by atoms with E-state index in [9.17, 15) is 9.18 Å². The van der Waals surface area contributed by atoms with Gasteiger partial charge < -0.3 is 4.74 Å². The van der Waals surface area contributed by atoms with Crippen LogP contribution in [0.25, 0.3) is 28.1 Å². The number of para-hydroxylation sites is 1. The van der Waals surface area contributed by atoms with Crippen molar-refractivity contribution in [2.24, 2.45) is 13.0 Å². The molecule has 1 saturated heterocycles. The molecule has 0 aliphatic carbocycles. The van der Waals surface area contributed by atoms with Gasteiger partial charge in [0.05, 0.1) is 17.1 Å². The minimum Gasteiger partial charge on any atom is -0.385 e. The fraction of sp³-hybridized carbons (Fsp3) is 0.375. The van der Waals surface area contributed by atoms with Crippen LogP contribution < -0.4 is 0 Å². The Morgan fingerprint density at radius 2 is 1.93 bits per heavy atom. The summed E-state index contributed by atoms with van der Waals surface area (Å²) in [6, 6.07) is 15.2. The van der Waals surface area contributed by atoms with Crippen molar-refractivity contribution in [3.63, 3.8) is 0 Å². The number of aromatic nitrogens is 7. The largest absolute Gasteiger partial charge is 0.385 e. The molecule has 1 fully saturated rings. The number of hydrogen-bond acceptors (Lipinski definition) is 8. The van der Waals surface area contributed by atoms with Gasteiger partial charge in [-0.05, 0) is 74.2 Å². The summed E-state index contributed by atoms with van der Waals surface area (Å²) in [6.45, 7) is 2.62. The highest BCUT2D eigenvalue weighted by Crippen LogP contribution is 2.43. The number of rotatable bonds is 10. The van der Waals surface area contributed by atoms with Gasteiger partial charge in [-0.2, -0.15) is 9.49 Å². The van der Waals surface area contributed by atoms with Crippen molar-refractivity contribution in [3.8, 4) is 16.9 Å². The Bertz CT molecular complexity index is 1750. The molecule has 0 N–H and O–H groups in total. The number of aryl methyl sites for hydroxylation is 1. The van der Waals surface area contributed by atoms with Crippen LogP contribution in [0.5, 0.6) is 0 Å². The van der Waals surface area contributed by atoms with Crippen molar-refractivity contribution >= 4 is 16.9 Å². The number of nitrogens with zero attached hydrogens (tertiary/aromatic N) is 8. The maximum Gasteiger partial charge on any atom is 0.213 e. The zero-order valence-corrected chi connectivity index (χ0v) is 24.8. The lowest BCUT2D eigenvalue weighted by Crippen LogP contribution is -2.29. The Morgan fingerprint density at radius 1 is 1.12 bits per heavy atom. The quantitative estimate of drug-likeness (QED) is 0.219. The van der Waals surface area contributed by atoms with Crippen molar-refractivity contribution < 1.29 is 13.9 Å². The first-order chi connectivity index (χ1) is 20.8. The first kappa shape index (κ1) is 28.8. The highest BCUT2D eigenvalue weighted by molar-refractivity contribution is 5.83. The SMILES string of the molecule is COCC[C@@H]1C[C@@H](CC(=O)Cc2c(C)c(-c3cnc4c(c3)nnn4C)nn2-c2ccccc2)[C@H](c2ccnc(F)c2)N1C. The van der Waals surface area contributed by atoms with Crippen molar-refractivity contribution in [1.29, 1.82) is 0 Å². The number of methoxy groups -OCH3 is 1. The van der Waals surface area contributed by atoms with Gasteiger partial charge in [-0.25, -0.2) is 19.3 Å². The summed E-state index contributed by atoms with van der Waals surface area (Å²) in [5.74, 6) is -0.378. The first-order valence-electron chi connectivity index (χ1n) is 14.5. The number of carbonyl (C=O) groups is 1. The second kappa shape index (κ2) is 12.1. The molecule has 0 bridgehead atoms. The summed E-state index contributed by atoms with van der Waals surface area (Å²) in [5, 5.41) is 13.3. The van der Waals surface area contributed by atoms with Gasteiger partial charge in [-0.3, -0.25) is 9.69 Å². The topological polar surface area (TPSA) is 104 Å². The van der Waals surface area contributed by atoms with Crippen molar-refractivity contribution in [2.75, 3.05) is 20.8 Å². The molecule has 10 nitrogen and oxygen atoms in total. The standard InChI is InChI=1S/C32H35FN8O2/c1-20-28(18-26(42)15-22-14-25(11-13-43-4)39(2)31(22)21-10-12-34-29(33)17-21)41(24-8-6-5-7-9-24)37-30(20)23-16-27-32(35-19-23)40(3)38-36-27/h5-10,12,16-17,19,22,25,31H,11,13-15,18H2,1-4H3/t22-,25+,31-/m0/s1. The fourth-order valence-corrected chi connectivity index (χ4v) is 6.49. The number of hydrogen-bond donors (Lipinski definition) is 0. The number of carbonyl (C=O) groups excluding carboxylic acids is 1. The molecule has 1 aromatic carbocycles. The third-order valence-electron chi connectivity index (χ3n) is 8.60. The van der Waals surface area contributed by atoms with E-state index in [0.29, 0.717) is 24.2 Å². The van der Waals surface area contributed by atoms with Crippen molar-refractivity contribution in [2.45, 2.75) is 44.7 Å². The van der Waals surface area contributed by atoms with Gasteiger partial charge in [0.25, 0.3) is 0 Å². The summed E-state index contributed by atoms with van der Waals surface area (Å²) in [5.41, 5.74) is 6.39. The van der Waals surface area contributed by atoms with E-state index in [-0.39, 0.29) is 30.2 Å². The number of ketones is 1. The molecule has 5 aromatic rings. The van der Waals surface area contributed by atoms with Crippen molar-refractivity contribution in [3.05, 3.63) is 83.7 Å². The summed E-state index contributed by atoms with van der Waals surface area (Å²) >= 11 is 0. The second-order valence-corrected chi connectivity index (χ2v) is 11.3. The maximum absolute atomic E-state index is 14.2. The first-order valence-corrected chi connectivity index (χ1v) is 14.5. The lowest BCUT2D eigenvalue weighted by molar-refractivity contribution is -0.119. The van der Waals surface area contributed by atoms with Crippen LogP contribution in [0.3, 0.4) is 0 Å². The lowest BCUT2D eigenvalue weighted by atomic mass is 9.88. The third-order valence-corrected chi connectivity index (χ3v) is 8.60. The molecule has 222 valence electrons. The minimum atomic E-state index is -0.514.